The Morgan fingerprint density at radius 2 is 2.00 bits per heavy atom. The minimum absolute atomic E-state index is 0.0634. The average Bonchev–Trinajstić information content (AvgIpc) is 2.93. The summed E-state index contributed by atoms with van der Waals surface area (Å²) in [7, 11) is 0. The van der Waals surface area contributed by atoms with Crippen molar-refractivity contribution >= 4 is 16.9 Å². The predicted octanol–water partition coefficient (Wildman–Crippen LogP) is 0.715. The van der Waals surface area contributed by atoms with E-state index in [0.29, 0.717) is 22.2 Å². The van der Waals surface area contributed by atoms with Crippen molar-refractivity contribution < 1.29 is 9.90 Å². The first-order valence-electron chi connectivity index (χ1n) is 6.72. The van der Waals surface area contributed by atoms with Gasteiger partial charge in [0.15, 0.2) is 0 Å². The molecule has 0 bridgehead atoms. The van der Waals surface area contributed by atoms with Crippen molar-refractivity contribution in [1.29, 1.82) is 0 Å². The molecule has 2 heterocycles. The number of carbonyl (C=O) groups excluding carboxylic acids is 1. The highest BCUT2D eigenvalue weighted by atomic mass is 16.3. The zero-order valence-corrected chi connectivity index (χ0v) is 11.5. The minimum atomic E-state index is -0.823. The molecule has 0 aliphatic rings. The lowest BCUT2D eigenvalue weighted by molar-refractivity contribution is 0.0918. The lowest BCUT2D eigenvalue weighted by atomic mass is 10.1. The molecule has 0 spiro atoms. The predicted molar refractivity (Wildman–Crippen MR) is 80.4 cm³/mol. The Kier molecular flexibility index (Phi) is 3.71. The number of aromatic nitrogens is 3. The molecule has 1 atom stereocenters. The van der Waals surface area contributed by atoms with Gasteiger partial charge in [-0.05, 0) is 29.8 Å². The average molecular weight is 298 g/mol. The number of hydrogen-bond donors (Lipinski definition) is 4. The van der Waals surface area contributed by atoms with Gasteiger partial charge < -0.3 is 20.4 Å². The second-order valence-electron chi connectivity index (χ2n) is 4.81. The van der Waals surface area contributed by atoms with E-state index in [1.54, 1.807) is 42.7 Å². The van der Waals surface area contributed by atoms with Crippen LogP contribution in [0.15, 0.2) is 47.5 Å². The maximum absolute atomic E-state index is 12.2. The Balaban J connectivity index is 1.75. The number of fused-ring (bicyclic) bond motifs is 1. The Morgan fingerprint density at radius 3 is 2.77 bits per heavy atom. The molecule has 3 rings (SSSR count). The number of imidazole rings is 1. The monoisotopic (exact) mass is 298 g/mol. The molecule has 7 nitrogen and oxygen atoms in total. The van der Waals surface area contributed by atoms with E-state index in [-0.39, 0.29) is 18.1 Å². The van der Waals surface area contributed by atoms with Crippen molar-refractivity contribution in [3.8, 4) is 0 Å². The van der Waals surface area contributed by atoms with Gasteiger partial charge in [0.25, 0.3) is 5.91 Å². The Labute approximate surface area is 125 Å². The second-order valence-corrected chi connectivity index (χ2v) is 4.81. The molecule has 1 amide bonds. The number of hydrogen-bond acceptors (Lipinski definition) is 4. The van der Waals surface area contributed by atoms with E-state index >= 15 is 0 Å². The van der Waals surface area contributed by atoms with Crippen LogP contribution in [-0.2, 0) is 0 Å². The molecular formula is C15H14N4O3. The summed E-state index contributed by atoms with van der Waals surface area (Å²) in [6.07, 6.45) is 2.33. The molecule has 1 unspecified atom stereocenters. The minimum Gasteiger partial charge on any atom is -0.387 e. The van der Waals surface area contributed by atoms with Crippen LogP contribution in [0.4, 0.5) is 0 Å². The van der Waals surface area contributed by atoms with Gasteiger partial charge in [-0.1, -0.05) is 6.07 Å². The highest BCUT2D eigenvalue weighted by Gasteiger charge is 2.14. The molecule has 0 fully saturated rings. The van der Waals surface area contributed by atoms with Crippen LogP contribution >= 0.6 is 0 Å². The third kappa shape index (κ3) is 2.75. The van der Waals surface area contributed by atoms with Gasteiger partial charge >= 0.3 is 5.69 Å². The van der Waals surface area contributed by atoms with Crippen molar-refractivity contribution in [2.75, 3.05) is 6.54 Å². The number of benzene rings is 1. The van der Waals surface area contributed by atoms with Gasteiger partial charge in [-0.25, -0.2) is 4.79 Å². The number of aromatic amines is 2. The zero-order valence-electron chi connectivity index (χ0n) is 11.5. The van der Waals surface area contributed by atoms with Crippen molar-refractivity contribution in [2.24, 2.45) is 0 Å². The molecule has 4 N–H and O–H groups in total. The van der Waals surface area contributed by atoms with Gasteiger partial charge in [-0.3, -0.25) is 9.78 Å². The Morgan fingerprint density at radius 1 is 1.23 bits per heavy atom. The smallest absolute Gasteiger partial charge is 0.323 e. The van der Waals surface area contributed by atoms with Crippen LogP contribution in [0.1, 0.15) is 22.0 Å². The molecule has 112 valence electrons. The fraction of sp³-hybridized carbons (Fsp3) is 0.133. The van der Waals surface area contributed by atoms with E-state index in [0.717, 1.165) is 0 Å². The van der Waals surface area contributed by atoms with E-state index in [4.69, 9.17) is 0 Å². The molecule has 0 saturated heterocycles. The number of H-pyrrole nitrogens is 2. The molecule has 22 heavy (non-hydrogen) atoms. The summed E-state index contributed by atoms with van der Waals surface area (Å²) >= 11 is 0. The van der Waals surface area contributed by atoms with E-state index in [1.807, 2.05) is 0 Å². The molecule has 2 aromatic heterocycles. The first-order valence-corrected chi connectivity index (χ1v) is 6.72. The number of pyridine rings is 1. The van der Waals surface area contributed by atoms with E-state index in [2.05, 4.69) is 20.3 Å². The van der Waals surface area contributed by atoms with Crippen LogP contribution in [0.3, 0.4) is 0 Å². The Hall–Kier alpha value is -2.93. The number of carbonyl (C=O) groups is 1. The van der Waals surface area contributed by atoms with Crippen LogP contribution < -0.4 is 11.0 Å². The van der Waals surface area contributed by atoms with E-state index in [1.165, 1.54) is 0 Å². The quantitative estimate of drug-likeness (QED) is 0.568. The summed E-state index contributed by atoms with van der Waals surface area (Å²) in [4.78, 5) is 32.6. The van der Waals surface area contributed by atoms with E-state index in [9.17, 15) is 14.7 Å². The van der Waals surface area contributed by atoms with E-state index < -0.39 is 6.10 Å². The third-order valence-electron chi connectivity index (χ3n) is 3.34. The summed E-state index contributed by atoms with van der Waals surface area (Å²) in [5.74, 6) is -0.367. The third-order valence-corrected chi connectivity index (χ3v) is 3.34. The fourth-order valence-electron chi connectivity index (χ4n) is 2.24. The number of rotatable bonds is 4. The zero-order chi connectivity index (χ0) is 15.5. The van der Waals surface area contributed by atoms with Crippen molar-refractivity contribution in [2.45, 2.75) is 6.10 Å². The molecule has 3 aromatic rings. The standard InChI is InChI=1S/C15H14N4O3/c20-12(9-4-6-16-7-5-9)8-17-14(21)10-2-1-3-11-13(10)19-15(22)18-11/h1-7,12,20H,8H2,(H,17,21)(H2,18,19,22). The fourth-order valence-corrected chi connectivity index (χ4v) is 2.24. The maximum Gasteiger partial charge on any atom is 0.323 e. The number of amides is 1. The molecule has 0 aliphatic heterocycles. The van der Waals surface area contributed by atoms with Crippen LogP contribution in [0.2, 0.25) is 0 Å². The molecule has 0 aliphatic carbocycles. The Bertz CT molecular complexity index is 854. The lowest BCUT2D eigenvalue weighted by Crippen LogP contribution is -2.28. The first kappa shape index (κ1) is 14.0. The van der Waals surface area contributed by atoms with Crippen molar-refractivity contribution in [3.05, 3.63) is 64.3 Å². The van der Waals surface area contributed by atoms with Gasteiger partial charge in [0.1, 0.15) is 0 Å². The topological polar surface area (TPSA) is 111 Å². The SMILES string of the molecule is O=C(NCC(O)c1ccncc1)c1cccc2[nH]c(=O)[nH]c12. The van der Waals surface area contributed by atoms with Gasteiger partial charge in [0.2, 0.25) is 0 Å². The summed E-state index contributed by atoms with van der Waals surface area (Å²) < 4.78 is 0. The summed E-state index contributed by atoms with van der Waals surface area (Å²) in [6, 6.07) is 8.36. The summed E-state index contributed by atoms with van der Waals surface area (Å²) in [6.45, 7) is 0.0634. The normalized spacial score (nSPS) is 12.2. The number of aliphatic hydroxyl groups is 1. The number of aliphatic hydroxyl groups excluding tert-OH is 1. The van der Waals surface area contributed by atoms with Gasteiger partial charge in [0.05, 0.1) is 22.7 Å². The molecule has 0 saturated carbocycles. The van der Waals surface area contributed by atoms with Crippen LogP contribution in [0.5, 0.6) is 0 Å². The summed E-state index contributed by atoms with van der Waals surface area (Å²) in [5, 5.41) is 12.7. The highest BCUT2D eigenvalue weighted by molar-refractivity contribution is 6.04. The highest BCUT2D eigenvalue weighted by Crippen LogP contribution is 2.14. The van der Waals surface area contributed by atoms with Crippen LogP contribution in [0.25, 0.3) is 11.0 Å². The molecular weight excluding hydrogens is 284 g/mol. The van der Waals surface area contributed by atoms with Crippen LogP contribution in [0, 0.1) is 0 Å². The van der Waals surface area contributed by atoms with Crippen molar-refractivity contribution in [1.82, 2.24) is 20.3 Å². The first-order chi connectivity index (χ1) is 10.6. The largest absolute Gasteiger partial charge is 0.387 e. The molecule has 1 aromatic carbocycles. The lowest BCUT2D eigenvalue weighted by Gasteiger charge is -2.12. The summed E-state index contributed by atoms with van der Waals surface area (Å²) in [5.41, 5.74) is 1.66. The number of nitrogens with one attached hydrogen (secondary N) is 3. The van der Waals surface area contributed by atoms with Crippen molar-refractivity contribution in [3.63, 3.8) is 0 Å². The van der Waals surface area contributed by atoms with Gasteiger partial charge in [0, 0.05) is 18.9 Å². The second kappa shape index (κ2) is 5.82. The van der Waals surface area contributed by atoms with Gasteiger partial charge in [-0.2, -0.15) is 0 Å². The van der Waals surface area contributed by atoms with Gasteiger partial charge in [-0.15, -0.1) is 0 Å². The molecule has 7 heteroatoms. The van der Waals surface area contributed by atoms with Crippen LogP contribution in [-0.4, -0.2) is 32.5 Å². The number of nitrogens with zero attached hydrogens (tertiary/aromatic N) is 1. The number of para-hydroxylation sites is 1. The molecule has 0 radical (unpaired) electrons. The maximum atomic E-state index is 12.2.